The van der Waals surface area contributed by atoms with E-state index in [4.69, 9.17) is 4.74 Å². The minimum absolute atomic E-state index is 0.101. The van der Waals surface area contributed by atoms with Gasteiger partial charge in [-0.05, 0) is 24.6 Å². The zero-order valence-electron chi connectivity index (χ0n) is 9.87. The normalized spacial score (nSPS) is 10.2. The molecule has 94 valence electrons. The van der Waals surface area contributed by atoms with Gasteiger partial charge < -0.3 is 10.1 Å². The average molecular weight is 312 g/mol. The maximum Gasteiger partial charge on any atom is 0.260 e. The van der Waals surface area contributed by atoms with Crippen LogP contribution in [0.3, 0.4) is 0 Å². The summed E-state index contributed by atoms with van der Waals surface area (Å²) < 4.78 is 19.9. The Morgan fingerprint density at radius 2 is 2.17 bits per heavy atom. The highest BCUT2D eigenvalue weighted by molar-refractivity contribution is 9.10. The lowest BCUT2D eigenvalue weighted by atomic mass is 10.2. The SMILES string of the molecule is CNc1ncc(F)c(Oc2cc(Br)ccc2C)n1. The molecule has 0 fully saturated rings. The van der Waals surface area contributed by atoms with E-state index in [0.717, 1.165) is 16.2 Å². The smallest absolute Gasteiger partial charge is 0.260 e. The lowest BCUT2D eigenvalue weighted by molar-refractivity contribution is 0.418. The fraction of sp³-hybridized carbons (Fsp3) is 0.167. The van der Waals surface area contributed by atoms with Crippen LogP contribution in [0.5, 0.6) is 11.6 Å². The molecule has 1 aromatic heterocycles. The Morgan fingerprint density at radius 1 is 1.39 bits per heavy atom. The molecule has 0 spiro atoms. The maximum atomic E-state index is 13.5. The number of halogens is 2. The van der Waals surface area contributed by atoms with Gasteiger partial charge in [-0.3, -0.25) is 0 Å². The molecule has 2 aromatic rings. The molecule has 1 heterocycles. The van der Waals surface area contributed by atoms with Crippen LogP contribution in [0.15, 0.2) is 28.9 Å². The summed E-state index contributed by atoms with van der Waals surface area (Å²) in [5.41, 5.74) is 0.891. The molecule has 0 saturated heterocycles. The predicted octanol–water partition coefficient (Wildman–Crippen LogP) is 3.52. The maximum absolute atomic E-state index is 13.5. The summed E-state index contributed by atoms with van der Waals surface area (Å²) in [5, 5.41) is 2.73. The van der Waals surface area contributed by atoms with E-state index in [-0.39, 0.29) is 5.88 Å². The quantitative estimate of drug-likeness (QED) is 0.942. The Labute approximate surface area is 112 Å². The zero-order chi connectivity index (χ0) is 13.1. The third-order valence-electron chi connectivity index (χ3n) is 2.29. The average Bonchev–Trinajstić information content (AvgIpc) is 2.36. The van der Waals surface area contributed by atoms with Crippen molar-refractivity contribution in [3.63, 3.8) is 0 Å². The van der Waals surface area contributed by atoms with E-state index in [2.05, 4.69) is 31.2 Å². The highest BCUT2D eigenvalue weighted by Gasteiger charge is 2.10. The van der Waals surface area contributed by atoms with Gasteiger partial charge in [-0.15, -0.1) is 0 Å². The van der Waals surface area contributed by atoms with Crippen molar-refractivity contribution in [2.24, 2.45) is 0 Å². The molecule has 0 atom stereocenters. The number of nitrogens with zero attached hydrogens (tertiary/aromatic N) is 2. The topological polar surface area (TPSA) is 47.0 Å². The fourth-order valence-electron chi connectivity index (χ4n) is 1.33. The van der Waals surface area contributed by atoms with Crippen LogP contribution in [-0.2, 0) is 0 Å². The Kier molecular flexibility index (Phi) is 3.76. The molecule has 18 heavy (non-hydrogen) atoms. The van der Waals surface area contributed by atoms with E-state index in [1.165, 1.54) is 0 Å². The molecule has 0 saturated carbocycles. The van der Waals surface area contributed by atoms with E-state index < -0.39 is 5.82 Å². The number of hydrogen-bond donors (Lipinski definition) is 1. The first-order chi connectivity index (χ1) is 8.60. The van der Waals surface area contributed by atoms with Gasteiger partial charge in [-0.25, -0.2) is 4.98 Å². The first-order valence-corrected chi connectivity index (χ1v) is 6.03. The van der Waals surface area contributed by atoms with Crippen LogP contribution in [-0.4, -0.2) is 17.0 Å². The van der Waals surface area contributed by atoms with Crippen molar-refractivity contribution in [1.82, 2.24) is 9.97 Å². The predicted molar refractivity (Wildman–Crippen MR) is 70.5 cm³/mol. The second-order valence-electron chi connectivity index (χ2n) is 3.61. The monoisotopic (exact) mass is 311 g/mol. The number of anilines is 1. The molecule has 1 aromatic carbocycles. The number of ether oxygens (including phenoxy) is 1. The van der Waals surface area contributed by atoms with E-state index in [1.807, 2.05) is 19.1 Å². The van der Waals surface area contributed by atoms with Crippen molar-refractivity contribution >= 4 is 21.9 Å². The summed E-state index contributed by atoms with van der Waals surface area (Å²) in [6, 6.07) is 5.52. The van der Waals surface area contributed by atoms with Gasteiger partial charge in [0.1, 0.15) is 5.75 Å². The standard InChI is InChI=1S/C12H11BrFN3O/c1-7-3-4-8(13)5-10(7)18-11-9(14)6-16-12(15-2)17-11/h3-6H,1-2H3,(H,15,16,17). The highest BCUT2D eigenvalue weighted by Crippen LogP contribution is 2.28. The number of rotatable bonds is 3. The van der Waals surface area contributed by atoms with Gasteiger partial charge >= 0.3 is 0 Å². The Bertz CT molecular complexity index is 577. The van der Waals surface area contributed by atoms with Gasteiger partial charge in [-0.2, -0.15) is 9.37 Å². The van der Waals surface area contributed by atoms with Gasteiger partial charge in [-0.1, -0.05) is 22.0 Å². The highest BCUT2D eigenvalue weighted by atomic mass is 79.9. The first-order valence-electron chi connectivity index (χ1n) is 5.24. The van der Waals surface area contributed by atoms with Crippen LogP contribution in [0.1, 0.15) is 5.56 Å². The molecule has 0 amide bonds. The molecular weight excluding hydrogens is 301 g/mol. The molecule has 0 unspecified atom stereocenters. The van der Waals surface area contributed by atoms with E-state index >= 15 is 0 Å². The minimum Gasteiger partial charge on any atom is -0.436 e. The third kappa shape index (κ3) is 2.76. The second kappa shape index (κ2) is 5.30. The molecule has 6 heteroatoms. The lowest BCUT2D eigenvalue weighted by Gasteiger charge is -2.09. The van der Waals surface area contributed by atoms with Gasteiger partial charge in [0.05, 0.1) is 6.20 Å². The summed E-state index contributed by atoms with van der Waals surface area (Å²) >= 11 is 3.34. The van der Waals surface area contributed by atoms with Crippen molar-refractivity contribution in [2.75, 3.05) is 12.4 Å². The van der Waals surface area contributed by atoms with E-state index in [9.17, 15) is 4.39 Å². The van der Waals surface area contributed by atoms with Crippen LogP contribution < -0.4 is 10.1 Å². The fourth-order valence-corrected chi connectivity index (χ4v) is 1.67. The van der Waals surface area contributed by atoms with Gasteiger partial charge in [0.25, 0.3) is 5.88 Å². The second-order valence-corrected chi connectivity index (χ2v) is 4.52. The molecule has 2 rings (SSSR count). The first kappa shape index (κ1) is 12.8. The van der Waals surface area contributed by atoms with Crippen molar-refractivity contribution in [3.05, 3.63) is 40.2 Å². The molecule has 0 aliphatic carbocycles. The molecule has 0 bridgehead atoms. The number of hydrogen-bond acceptors (Lipinski definition) is 4. The van der Waals surface area contributed by atoms with Crippen molar-refractivity contribution in [1.29, 1.82) is 0 Å². The lowest BCUT2D eigenvalue weighted by Crippen LogP contribution is -2.00. The molecule has 0 aliphatic heterocycles. The van der Waals surface area contributed by atoms with Crippen LogP contribution >= 0.6 is 15.9 Å². The van der Waals surface area contributed by atoms with Crippen LogP contribution in [0.4, 0.5) is 10.3 Å². The number of aromatic nitrogens is 2. The number of nitrogens with one attached hydrogen (secondary N) is 1. The Balaban J connectivity index is 2.36. The molecule has 0 aliphatic rings. The van der Waals surface area contributed by atoms with E-state index in [1.54, 1.807) is 13.1 Å². The molecule has 4 nitrogen and oxygen atoms in total. The van der Waals surface area contributed by atoms with E-state index in [0.29, 0.717) is 11.7 Å². The number of aryl methyl sites for hydroxylation is 1. The van der Waals surface area contributed by atoms with Crippen LogP contribution in [0.2, 0.25) is 0 Å². The number of benzene rings is 1. The zero-order valence-corrected chi connectivity index (χ0v) is 11.5. The molecule has 1 N–H and O–H groups in total. The third-order valence-corrected chi connectivity index (χ3v) is 2.79. The van der Waals surface area contributed by atoms with Crippen LogP contribution in [0, 0.1) is 12.7 Å². The van der Waals surface area contributed by atoms with Crippen LogP contribution in [0.25, 0.3) is 0 Å². The summed E-state index contributed by atoms with van der Waals surface area (Å²) in [4.78, 5) is 7.67. The van der Waals surface area contributed by atoms with Crippen molar-refractivity contribution < 1.29 is 9.13 Å². The largest absolute Gasteiger partial charge is 0.436 e. The van der Waals surface area contributed by atoms with Crippen molar-refractivity contribution in [3.8, 4) is 11.6 Å². The summed E-state index contributed by atoms with van der Waals surface area (Å²) in [6.45, 7) is 1.87. The minimum atomic E-state index is -0.603. The van der Waals surface area contributed by atoms with Gasteiger partial charge in [0.15, 0.2) is 0 Å². The summed E-state index contributed by atoms with van der Waals surface area (Å²) in [5.74, 6) is 0.145. The van der Waals surface area contributed by atoms with Gasteiger partial charge in [0, 0.05) is 11.5 Å². The Morgan fingerprint density at radius 3 is 2.89 bits per heavy atom. The summed E-state index contributed by atoms with van der Waals surface area (Å²) in [6.07, 6.45) is 1.07. The van der Waals surface area contributed by atoms with Crippen molar-refractivity contribution in [2.45, 2.75) is 6.92 Å². The molecular formula is C12H11BrFN3O. The molecule has 0 radical (unpaired) electrons. The Hall–Kier alpha value is -1.69. The van der Waals surface area contributed by atoms with Gasteiger partial charge in [0.2, 0.25) is 11.8 Å². The summed E-state index contributed by atoms with van der Waals surface area (Å²) in [7, 11) is 1.65.